The predicted molar refractivity (Wildman–Crippen MR) is 74.2 cm³/mol. The third-order valence-electron chi connectivity index (χ3n) is 3.37. The number of rotatable bonds is 7. The van der Waals surface area contributed by atoms with Crippen molar-refractivity contribution >= 4 is 6.09 Å². The molecule has 1 aliphatic rings. The maximum absolute atomic E-state index is 11.0. The van der Waals surface area contributed by atoms with Crippen molar-refractivity contribution in [2.75, 3.05) is 6.61 Å². The fourth-order valence-electron chi connectivity index (χ4n) is 2.26. The first-order valence-electron chi connectivity index (χ1n) is 6.97. The highest BCUT2D eigenvalue weighted by molar-refractivity contribution is 5.69. The summed E-state index contributed by atoms with van der Waals surface area (Å²) in [7, 11) is 0. The molecule has 0 aliphatic carbocycles. The highest BCUT2D eigenvalue weighted by Crippen LogP contribution is 2.16. The number of alkyl carbamates (subject to hydrolysis) is 1. The van der Waals surface area contributed by atoms with Crippen LogP contribution in [0.25, 0.3) is 0 Å². The van der Waals surface area contributed by atoms with Crippen molar-refractivity contribution < 1.29 is 19.4 Å². The van der Waals surface area contributed by atoms with E-state index in [-0.39, 0.29) is 12.7 Å². The van der Waals surface area contributed by atoms with Gasteiger partial charge in [0.05, 0.1) is 18.8 Å². The van der Waals surface area contributed by atoms with Gasteiger partial charge in [-0.2, -0.15) is 0 Å². The monoisotopic (exact) mass is 279 g/mol. The summed E-state index contributed by atoms with van der Waals surface area (Å²) in [6.07, 6.45) is 0.0861. The van der Waals surface area contributed by atoms with E-state index in [9.17, 15) is 9.90 Å². The molecule has 2 N–H and O–H groups in total. The number of aliphatic hydroxyl groups excluding tert-OH is 1. The lowest BCUT2D eigenvalue weighted by molar-refractivity contribution is -0.0623. The van der Waals surface area contributed by atoms with Crippen LogP contribution in [0.3, 0.4) is 0 Å². The molecule has 20 heavy (non-hydrogen) atoms. The van der Waals surface area contributed by atoms with Crippen LogP contribution in [-0.2, 0) is 16.1 Å². The maximum atomic E-state index is 11.0. The van der Waals surface area contributed by atoms with Gasteiger partial charge in [-0.1, -0.05) is 43.7 Å². The summed E-state index contributed by atoms with van der Waals surface area (Å²) in [5.41, 5.74) is 1.06. The minimum atomic E-state index is -0.759. The zero-order valence-electron chi connectivity index (χ0n) is 11.6. The average molecular weight is 279 g/mol. The first kappa shape index (κ1) is 14.8. The van der Waals surface area contributed by atoms with Crippen LogP contribution in [0.5, 0.6) is 0 Å². The number of cyclic esters (lactones) is 1. The lowest BCUT2D eigenvalue weighted by Crippen LogP contribution is -2.46. The smallest absolute Gasteiger partial charge is 0.407 e. The molecule has 0 radical (unpaired) electrons. The van der Waals surface area contributed by atoms with Crippen LogP contribution in [0.4, 0.5) is 4.79 Å². The normalized spacial score (nSPS) is 21.1. The van der Waals surface area contributed by atoms with Gasteiger partial charge in [0.15, 0.2) is 0 Å². The van der Waals surface area contributed by atoms with Crippen LogP contribution in [0, 0.1) is 0 Å². The fourth-order valence-corrected chi connectivity index (χ4v) is 2.26. The third kappa shape index (κ3) is 3.95. The number of carbonyl (C=O) groups is 1. The fraction of sp³-hybridized carbons (Fsp3) is 0.533. The van der Waals surface area contributed by atoms with Crippen molar-refractivity contribution in [3.63, 3.8) is 0 Å². The molecule has 110 valence electrons. The van der Waals surface area contributed by atoms with E-state index in [4.69, 9.17) is 9.47 Å². The molecule has 5 nitrogen and oxygen atoms in total. The van der Waals surface area contributed by atoms with Gasteiger partial charge in [-0.05, 0) is 12.0 Å². The van der Waals surface area contributed by atoms with E-state index in [1.807, 2.05) is 37.3 Å². The molecular formula is C15H21NO4. The molecule has 0 bridgehead atoms. The molecular weight excluding hydrogens is 258 g/mol. The van der Waals surface area contributed by atoms with Crippen LogP contribution >= 0.6 is 0 Å². The number of nitrogens with one attached hydrogen (secondary N) is 1. The largest absolute Gasteiger partial charge is 0.447 e. The Hall–Kier alpha value is -1.59. The second-order valence-corrected chi connectivity index (χ2v) is 4.96. The molecule has 1 aromatic carbocycles. The molecule has 1 saturated heterocycles. The van der Waals surface area contributed by atoms with Crippen molar-refractivity contribution in [3.8, 4) is 0 Å². The third-order valence-corrected chi connectivity index (χ3v) is 3.37. The first-order valence-corrected chi connectivity index (χ1v) is 6.97. The highest BCUT2D eigenvalue weighted by Gasteiger charge is 2.34. The van der Waals surface area contributed by atoms with E-state index in [1.165, 1.54) is 0 Å². The Morgan fingerprint density at radius 3 is 2.80 bits per heavy atom. The molecule has 0 unspecified atom stereocenters. The number of hydrogen-bond donors (Lipinski definition) is 2. The molecule has 1 fully saturated rings. The molecule has 0 aromatic heterocycles. The van der Waals surface area contributed by atoms with Crippen LogP contribution in [0.2, 0.25) is 0 Å². The second-order valence-electron chi connectivity index (χ2n) is 4.96. The van der Waals surface area contributed by atoms with Gasteiger partial charge >= 0.3 is 6.09 Å². The SMILES string of the molecule is CCC[C@@H](OCc1ccccc1)[C@H](O)[C@@H]1COC(=O)N1. The summed E-state index contributed by atoms with van der Waals surface area (Å²) >= 11 is 0. The number of hydrogen-bond acceptors (Lipinski definition) is 4. The molecule has 5 heteroatoms. The molecule has 1 aliphatic heterocycles. The lowest BCUT2D eigenvalue weighted by atomic mass is 10.0. The Bertz CT molecular complexity index is 423. The van der Waals surface area contributed by atoms with Crippen LogP contribution in [0.15, 0.2) is 30.3 Å². The van der Waals surface area contributed by atoms with Crippen LogP contribution < -0.4 is 5.32 Å². The molecule has 0 saturated carbocycles. The zero-order chi connectivity index (χ0) is 14.4. The van der Waals surface area contributed by atoms with Gasteiger partial charge in [0, 0.05) is 0 Å². The van der Waals surface area contributed by atoms with Gasteiger partial charge in [-0.3, -0.25) is 0 Å². The van der Waals surface area contributed by atoms with E-state index in [0.717, 1.165) is 18.4 Å². The number of amides is 1. The minimum Gasteiger partial charge on any atom is -0.447 e. The first-order chi connectivity index (χ1) is 9.70. The Morgan fingerprint density at radius 2 is 2.20 bits per heavy atom. The zero-order valence-corrected chi connectivity index (χ0v) is 11.6. The van der Waals surface area contributed by atoms with Crippen molar-refractivity contribution in [1.82, 2.24) is 5.32 Å². The van der Waals surface area contributed by atoms with Gasteiger partial charge in [-0.25, -0.2) is 4.79 Å². The lowest BCUT2D eigenvalue weighted by Gasteiger charge is -2.26. The van der Waals surface area contributed by atoms with Gasteiger partial charge < -0.3 is 19.9 Å². The standard InChI is InChI=1S/C15H21NO4/c1-2-6-13(14(17)12-10-20-15(18)16-12)19-9-11-7-4-3-5-8-11/h3-5,7-8,12-14,17H,2,6,9-10H2,1H3,(H,16,18)/t12-,13+,14+/m0/s1. The van der Waals surface area contributed by atoms with Gasteiger partial charge in [0.1, 0.15) is 12.7 Å². The van der Waals surface area contributed by atoms with E-state index in [2.05, 4.69) is 5.32 Å². The van der Waals surface area contributed by atoms with Gasteiger partial charge in [0.25, 0.3) is 0 Å². The van der Waals surface area contributed by atoms with E-state index >= 15 is 0 Å². The Kier molecular flexibility index (Phi) is 5.38. The Balaban J connectivity index is 1.90. The predicted octanol–water partition coefficient (Wildman–Crippen LogP) is 1.84. The van der Waals surface area contributed by atoms with Gasteiger partial charge in [-0.15, -0.1) is 0 Å². The van der Waals surface area contributed by atoms with Gasteiger partial charge in [0.2, 0.25) is 0 Å². The average Bonchev–Trinajstić information content (AvgIpc) is 2.90. The van der Waals surface area contributed by atoms with E-state index in [1.54, 1.807) is 0 Å². The van der Waals surface area contributed by atoms with Crippen molar-refractivity contribution in [2.24, 2.45) is 0 Å². The number of ether oxygens (including phenoxy) is 2. The van der Waals surface area contributed by atoms with Crippen LogP contribution in [-0.4, -0.2) is 36.1 Å². The number of aliphatic hydroxyl groups is 1. The van der Waals surface area contributed by atoms with Crippen molar-refractivity contribution in [1.29, 1.82) is 0 Å². The quantitative estimate of drug-likeness (QED) is 0.799. The maximum Gasteiger partial charge on any atom is 0.407 e. The Labute approximate surface area is 118 Å². The van der Waals surface area contributed by atoms with E-state index in [0.29, 0.717) is 6.61 Å². The highest BCUT2D eigenvalue weighted by atomic mass is 16.6. The molecule has 1 aromatic rings. The van der Waals surface area contributed by atoms with Crippen LogP contribution in [0.1, 0.15) is 25.3 Å². The number of carbonyl (C=O) groups excluding carboxylic acids is 1. The molecule has 1 amide bonds. The summed E-state index contributed by atoms with van der Waals surface area (Å²) in [6, 6.07) is 9.43. The molecule has 3 atom stereocenters. The molecule has 1 heterocycles. The summed E-state index contributed by atoms with van der Waals surface area (Å²) in [6.45, 7) is 2.67. The van der Waals surface area contributed by atoms with Crippen molar-refractivity contribution in [3.05, 3.63) is 35.9 Å². The summed E-state index contributed by atoms with van der Waals surface area (Å²) in [5, 5.41) is 12.9. The Morgan fingerprint density at radius 1 is 1.45 bits per heavy atom. The second kappa shape index (κ2) is 7.26. The summed E-state index contributed by atoms with van der Waals surface area (Å²) < 4.78 is 10.6. The summed E-state index contributed by atoms with van der Waals surface area (Å²) in [4.78, 5) is 11.0. The molecule has 0 spiro atoms. The summed E-state index contributed by atoms with van der Waals surface area (Å²) in [5.74, 6) is 0. The van der Waals surface area contributed by atoms with Crippen molar-refractivity contribution in [2.45, 2.75) is 44.6 Å². The van der Waals surface area contributed by atoms with E-state index < -0.39 is 18.2 Å². The minimum absolute atomic E-state index is 0.189. The number of benzene rings is 1. The molecule has 2 rings (SSSR count). The topological polar surface area (TPSA) is 67.8 Å².